The van der Waals surface area contributed by atoms with Crippen LogP contribution in [0.5, 0.6) is 0 Å². The lowest BCUT2D eigenvalue weighted by atomic mass is 9.92. The molecule has 1 atom stereocenters. The van der Waals surface area contributed by atoms with Crippen LogP contribution in [0.4, 0.5) is 10.8 Å². The summed E-state index contributed by atoms with van der Waals surface area (Å²) in [5, 5.41) is 8.82. The third kappa shape index (κ3) is 7.74. The highest BCUT2D eigenvalue weighted by Crippen LogP contribution is 2.33. The maximum absolute atomic E-state index is 12.7. The zero-order valence-corrected chi connectivity index (χ0v) is 21.9. The van der Waals surface area contributed by atoms with E-state index in [4.69, 9.17) is 23.2 Å². The molecule has 2 aromatic carbocycles. The van der Waals surface area contributed by atoms with Gasteiger partial charge in [0, 0.05) is 33.0 Å². The summed E-state index contributed by atoms with van der Waals surface area (Å²) in [7, 11) is 0. The highest BCUT2D eigenvalue weighted by molar-refractivity contribution is 8.00. The minimum atomic E-state index is -0.364. The van der Waals surface area contributed by atoms with Crippen LogP contribution in [-0.2, 0) is 9.59 Å². The molecule has 1 unspecified atom stereocenters. The molecule has 0 bridgehead atoms. The number of anilines is 2. The molecule has 0 radical (unpaired) electrons. The number of halogens is 2. The molecule has 0 saturated heterocycles. The van der Waals surface area contributed by atoms with Gasteiger partial charge in [-0.05, 0) is 48.7 Å². The third-order valence-corrected chi connectivity index (χ3v) is 6.83. The van der Waals surface area contributed by atoms with E-state index in [1.807, 2.05) is 57.3 Å². The van der Waals surface area contributed by atoms with E-state index in [1.54, 1.807) is 18.2 Å². The molecule has 0 fully saturated rings. The Morgan fingerprint density at radius 3 is 2.58 bits per heavy atom. The van der Waals surface area contributed by atoms with Crippen molar-refractivity contribution >= 4 is 68.9 Å². The van der Waals surface area contributed by atoms with Gasteiger partial charge in [-0.25, -0.2) is 4.98 Å². The van der Waals surface area contributed by atoms with Gasteiger partial charge < -0.3 is 10.6 Å². The fourth-order valence-electron chi connectivity index (χ4n) is 2.95. The second-order valence-corrected chi connectivity index (χ2v) is 11.8. The van der Waals surface area contributed by atoms with Crippen LogP contribution in [0.25, 0.3) is 11.3 Å². The van der Waals surface area contributed by atoms with E-state index < -0.39 is 0 Å². The molecule has 174 valence electrons. The molecular weight excluding hydrogens is 497 g/mol. The molecule has 3 aromatic rings. The molecule has 0 spiro atoms. The SMILES string of the molecule is CC(Sc1cccc(NC(=O)CC(C)(C)C)c1)C(=O)Nc1nc(-c2ccc(Cl)cc2Cl)cs1. The highest BCUT2D eigenvalue weighted by atomic mass is 35.5. The summed E-state index contributed by atoms with van der Waals surface area (Å²) in [6.07, 6.45) is 0.431. The molecule has 0 saturated carbocycles. The Bertz CT molecular complexity index is 1160. The topological polar surface area (TPSA) is 71.1 Å². The number of rotatable bonds is 7. The Morgan fingerprint density at radius 1 is 1.12 bits per heavy atom. The van der Waals surface area contributed by atoms with E-state index in [0.717, 1.165) is 10.5 Å². The zero-order chi connectivity index (χ0) is 24.2. The fourth-order valence-corrected chi connectivity index (χ4v) is 5.10. The van der Waals surface area contributed by atoms with Gasteiger partial charge in [-0.1, -0.05) is 50.0 Å². The Morgan fingerprint density at radius 2 is 1.88 bits per heavy atom. The predicted molar refractivity (Wildman–Crippen MR) is 141 cm³/mol. The quantitative estimate of drug-likeness (QED) is 0.313. The van der Waals surface area contributed by atoms with Crippen molar-refractivity contribution in [3.05, 3.63) is 57.9 Å². The van der Waals surface area contributed by atoms with E-state index in [2.05, 4.69) is 15.6 Å². The van der Waals surface area contributed by atoms with Crippen molar-refractivity contribution in [2.45, 2.75) is 44.3 Å². The standard InChI is InChI=1S/C24H25Cl2N3O2S2/c1-14(33-17-7-5-6-16(11-17)27-21(30)12-24(2,3)4)22(31)29-23-28-20(13-32-23)18-9-8-15(25)10-19(18)26/h5-11,13-14H,12H2,1-4H3,(H,27,30)(H,28,29,31). The van der Waals surface area contributed by atoms with Gasteiger partial charge in [0.1, 0.15) is 0 Å². The van der Waals surface area contributed by atoms with Gasteiger partial charge in [0.25, 0.3) is 0 Å². The van der Waals surface area contributed by atoms with Gasteiger partial charge in [-0.15, -0.1) is 23.1 Å². The third-order valence-electron chi connectivity index (χ3n) is 4.43. The Labute approximate surface area is 212 Å². The molecule has 2 N–H and O–H groups in total. The van der Waals surface area contributed by atoms with Crippen molar-refractivity contribution in [3.63, 3.8) is 0 Å². The summed E-state index contributed by atoms with van der Waals surface area (Å²) in [5.41, 5.74) is 2.06. The van der Waals surface area contributed by atoms with Crippen LogP contribution in [0, 0.1) is 5.41 Å². The first kappa shape index (κ1) is 25.6. The number of carbonyl (C=O) groups excluding carboxylic acids is 2. The number of hydrogen-bond acceptors (Lipinski definition) is 5. The molecule has 5 nitrogen and oxygen atoms in total. The normalized spacial score (nSPS) is 12.3. The van der Waals surface area contributed by atoms with Crippen molar-refractivity contribution in [2.75, 3.05) is 10.6 Å². The van der Waals surface area contributed by atoms with E-state index in [0.29, 0.717) is 33.0 Å². The largest absolute Gasteiger partial charge is 0.326 e. The number of thiazole rings is 1. The van der Waals surface area contributed by atoms with Crippen molar-refractivity contribution in [1.29, 1.82) is 0 Å². The maximum Gasteiger partial charge on any atom is 0.239 e. The zero-order valence-electron chi connectivity index (χ0n) is 18.7. The molecule has 0 aliphatic carbocycles. The van der Waals surface area contributed by atoms with Crippen LogP contribution < -0.4 is 10.6 Å². The lowest BCUT2D eigenvalue weighted by molar-refractivity contribution is -0.118. The van der Waals surface area contributed by atoms with Gasteiger partial charge in [0.05, 0.1) is 16.0 Å². The van der Waals surface area contributed by atoms with Gasteiger partial charge in [-0.3, -0.25) is 9.59 Å². The highest BCUT2D eigenvalue weighted by Gasteiger charge is 2.18. The van der Waals surface area contributed by atoms with Crippen molar-refractivity contribution in [1.82, 2.24) is 4.98 Å². The lowest BCUT2D eigenvalue weighted by Crippen LogP contribution is -2.22. The molecule has 1 heterocycles. The smallest absolute Gasteiger partial charge is 0.239 e. The fraction of sp³-hybridized carbons (Fsp3) is 0.292. The van der Waals surface area contributed by atoms with Crippen molar-refractivity contribution in [2.24, 2.45) is 5.41 Å². The van der Waals surface area contributed by atoms with Gasteiger partial charge in [-0.2, -0.15) is 0 Å². The van der Waals surface area contributed by atoms with Gasteiger partial charge in [0.2, 0.25) is 11.8 Å². The maximum atomic E-state index is 12.7. The van der Waals surface area contributed by atoms with Crippen LogP contribution in [0.2, 0.25) is 10.0 Å². The number of amides is 2. The Hall–Kier alpha value is -2.06. The van der Waals surface area contributed by atoms with Gasteiger partial charge in [0.15, 0.2) is 5.13 Å². The number of thioether (sulfide) groups is 1. The van der Waals surface area contributed by atoms with Crippen LogP contribution in [0.15, 0.2) is 52.7 Å². The minimum absolute atomic E-state index is 0.0317. The first-order valence-corrected chi connectivity index (χ1v) is 12.8. The first-order chi connectivity index (χ1) is 15.5. The van der Waals surface area contributed by atoms with E-state index in [1.165, 1.54) is 23.1 Å². The molecule has 0 aliphatic rings. The predicted octanol–water partition coefficient (Wildman–Crippen LogP) is 7.61. The monoisotopic (exact) mass is 521 g/mol. The second kappa shape index (κ2) is 10.9. The van der Waals surface area contributed by atoms with E-state index in [9.17, 15) is 9.59 Å². The minimum Gasteiger partial charge on any atom is -0.326 e. The number of nitrogens with one attached hydrogen (secondary N) is 2. The van der Waals surface area contributed by atoms with Crippen LogP contribution >= 0.6 is 46.3 Å². The summed E-state index contributed by atoms with van der Waals surface area (Å²) in [6.45, 7) is 7.90. The summed E-state index contributed by atoms with van der Waals surface area (Å²) >= 11 is 15.0. The molecule has 33 heavy (non-hydrogen) atoms. The van der Waals surface area contributed by atoms with E-state index >= 15 is 0 Å². The van der Waals surface area contributed by atoms with Crippen LogP contribution in [0.3, 0.4) is 0 Å². The molecule has 1 aromatic heterocycles. The van der Waals surface area contributed by atoms with Crippen LogP contribution in [-0.4, -0.2) is 22.0 Å². The van der Waals surface area contributed by atoms with Crippen molar-refractivity contribution in [3.8, 4) is 11.3 Å². The molecule has 0 aliphatic heterocycles. The number of carbonyl (C=O) groups is 2. The van der Waals surface area contributed by atoms with Crippen molar-refractivity contribution < 1.29 is 9.59 Å². The number of benzene rings is 2. The van der Waals surface area contributed by atoms with E-state index in [-0.39, 0.29) is 22.5 Å². The summed E-state index contributed by atoms with van der Waals surface area (Å²) in [4.78, 5) is 30.3. The number of hydrogen-bond donors (Lipinski definition) is 2. The average Bonchev–Trinajstić information content (AvgIpc) is 3.14. The summed E-state index contributed by atoms with van der Waals surface area (Å²) in [5.74, 6) is -0.193. The van der Waals surface area contributed by atoms with Gasteiger partial charge >= 0.3 is 0 Å². The molecule has 9 heteroatoms. The second-order valence-electron chi connectivity index (χ2n) is 8.72. The summed E-state index contributed by atoms with van der Waals surface area (Å²) < 4.78 is 0. The Kier molecular flexibility index (Phi) is 8.45. The Balaban J connectivity index is 1.60. The molecule has 2 amide bonds. The molecular formula is C24H25Cl2N3O2S2. The summed E-state index contributed by atoms with van der Waals surface area (Å²) in [6, 6.07) is 12.7. The average molecular weight is 523 g/mol. The lowest BCUT2D eigenvalue weighted by Gasteiger charge is -2.17. The molecule has 3 rings (SSSR count). The first-order valence-electron chi connectivity index (χ1n) is 10.3. The van der Waals surface area contributed by atoms with Crippen LogP contribution in [0.1, 0.15) is 34.1 Å². The number of nitrogens with zero attached hydrogens (tertiary/aromatic N) is 1. The number of aromatic nitrogens is 1.